The van der Waals surface area contributed by atoms with E-state index in [1.54, 1.807) is 6.20 Å². The molecule has 1 atom stereocenters. The minimum Gasteiger partial charge on any atom is -0.303 e. The normalized spacial score (nSPS) is 16.5. The minimum atomic E-state index is -0.551. The Balaban J connectivity index is 0.00000169. The van der Waals surface area contributed by atoms with Gasteiger partial charge in [0, 0.05) is 19.5 Å². The van der Waals surface area contributed by atoms with Crippen LogP contribution in [0.5, 0.6) is 0 Å². The molecule has 6 nitrogen and oxygen atoms in total. The summed E-state index contributed by atoms with van der Waals surface area (Å²) in [6.45, 7) is 2.15. The summed E-state index contributed by atoms with van der Waals surface area (Å²) in [6.07, 6.45) is 7.62. The first-order chi connectivity index (χ1) is 11.1. The molecule has 1 N–H and O–H groups in total. The summed E-state index contributed by atoms with van der Waals surface area (Å²) in [5.74, 6) is -0.431. The number of hydrogen-bond donors (Lipinski definition) is 1. The number of carbonyl (C=O) groups is 1. The third-order valence-corrected chi connectivity index (χ3v) is 4.24. The highest BCUT2D eigenvalue weighted by atomic mass is 19.1. The van der Waals surface area contributed by atoms with Crippen LogP contribution in [0.25, 0.3) is 5.65 Å². The van der Waals surface area contributed by atoms with Crippen LogP contribution in [0.4, 0.5) is 10.3 Å². The van der Waals surface area contributed by atoms with Gasteiger partial charge in [0.15, 0.2) is 5.82 Å². The highest BCUT2D eigenvalue weighted by Gasteiger charge is 2.25. The molecule has 1 aliphatic carbocycles. The summed E-state index contributed by atoms with van der Waals surface area (Å²) in [7, 11) is 0. The molecule has 0 saturated carbocycles. The van der Waals surface area contributed by atoms with Gasteiger partial charge in [-0.25, -0.2) is 19.3 Å². The molecule has 7 heteroatoms. The van der Waals surface area contributed by atoms with E-state index < -0.39 is 5.82 Å². The summed E-state index contributed by atoms with van der Waals surface area (Å²) in [5.41, 5.74) is 3.45. The van der Waals surface area contributed by atoms with Crippen LogP contribution in [0.2, 0.25) is 0 Å². The fraction of sp³-hybridized carbons (Fsp3) is 0.250. The van der Waals surface area contributed by atoms with Crippen LogP contribution in [0.3, 0.4) is 0 Å². The van der Waals surface area contributed by atoms with Crippen molar-refractivity contribution in [3.63, 3.8) is 0 Å². The summed E-state index contributed by atoms with van der Waals surface area (Å²) in [4.78, 5) is 24.4. The lowest BCUT2D eigenvalue weighted by Gasteiger charge is -2.11. The zero-order chi connectivity index (χ0) is 16.0. The monoisotopic (exact) mass is 313 g/mol. The van der Waals surface area contributed by atoms with Crippen molar-refractivity contribution in [2.45, 2.75) is 25.7 Å². The Kier molecular flexibility index (Phi) is 3.07. The van der Waals surface area contributed by atoms with Gasteiger partial charge in [0.1, 0.15) is 5.65 Å². The number of rotatable bonds is 2. The van der Waals surface area contributed by atoms with Crippen molar-refractivity contribution in [1.29, 1.82) is 0 Å². The molecule has 3 heterocycles. The summed E-state index contributed by atoms with van der Waals surface area (Å²) < 4.78 is 14.8. The topological polar surface area (TPSA) is 72.2 Å². The van der Waals surface area contributed by atoms with Gasteiger partial charge in [-0.15, -0.1) is 0 Å². The van der Waals surface area contributed by atoms with Gasteiger partial charge < -0.3 is 4.40 Å². The van der Waals surface area contributed by atoms with E-state index in [1.807, 2.05) is 16.7 Å². The number of aryl methyl sites for hydroxylation is 1. The van der Waals surface area contributed by atoms with E-state index in [1.165, 1.54) is 11.3 Å². The maximum absolute atomic E-state index is 12.9. The number of nitrogens with zero attached hydrogens (tertiary/aromatic N) is 4. The summed E-state index contributed by atoms with van der Waals surface area (Å²) in [5, 5.41) is 2.59. The SMILES string of the molecule is C[C@H]1CCc2c1cc(C(=O)Nc1ncc(F)cn1)c1nccn21.[HH]. The number of fused-ring (bicyclic) bond motifs is 3. The van der Waals surface area contributed by atoms with Crippen molar-refractivity contribution in [2.24, 2.45) is 0 Å². The number of pyridine rings is 1. The molecule has 23 heavy (non-hydrogen) atoms. The molecule has 0 saturated heterocycles. The second-order valence-electron chi connectivity index (χ2n) is 5.70. The van der Waals surface area contributed by atoms with E-state index in [4.69, 9.17) is 0 Å². The summed E-state index contributed by atoms with van der Waals surface area (Å²) in [6, 6.07) is 1.90. The first-order valence-electron chi connectivity index (χ1n) is 7.41. The predicted octanol–water partition coefficient (Wildman–Crippen LogP) is 2.81. The number of amides is 1. The van der Waals surface area contributed by atoms with Crippen molar-refractivity contribution in [1.82, 2.24) is 19.4 Å². The molecule has 0 fully saturated rings. The van der Waals surface area contributed by atoms with E-state index >= 15 is 0 Å². The number of imidazole rings is 1. The third-order valence-electron chi connectivity index (χ3n) is 4.24. The highest BCUT2D eigenvalue weighted by Crippen LogP contribution is 2.34. The Morgan fingerprint density at radius 1 is 1.39 bits per heavy atom. The quantitative estimate of drug-likeness (QED) is 0.789. The first-order valence-corrected chi connectivity index (χ1v) is 7.41. The minimum absolute atomic E-state index is 0. The zero-order valence-corrected chi connectivity index (χ0v) is 12.5. The number of anilines is 1. The number of nitrogens with one attached hydrogen (secondary N) is 1. The van der Waals surface area contributed by atoms with E-state index in [0.717, 1.165) is 25.2 Å². The lowest BCUT2D eigenvalue weighted by Crippen LogP contribution is -2.16. The molecule has 0 aliphatic heterocycles. The smallest absolute Gasteiger partial charge is 0.261 e. The standard InChI is InChI=1S/C16H14FN5O.H2/c1-9-2-3-13-11(9)6-12(14-18-4-5-22(13)14)15(23)21-16-19-7-10(17)8-20-16;/h4-9H,2-3H2,1H3,(H,19,20,21,23);1H/t9-;/m0./s1. The van der Waals surface area contributed by atoms with Crippen LogP contribution in [-0.4, -0.2) is 25.3 Å². The maximum Gasteiger partial charge on any atom is 0.261 e. The largest absolute Gasteiger partial charge is 0.303 e. The van der Waals surface area contributed by atoms with Crippen molar-refractivity contribution < 1.29 is 10.6 Å². The fourth-order valence-electron chi connectivity index (χ4n) is 3.08. The molecule has 118 valence electrons. The Hall–Kier alpha value is -2.83. The molecule has 0 unspecified atom stereocenters. The number of halogens is 1. The molecular formula is C16H16FN5O. The van der Waals surface area contributed by atoms with Gasteiger partial charge in [0.05, 0.1) is 18.0 Å². The molecular weight excluding hydrogens is 297 g/mol. The van der Waals surface area contributed by atoms with Crippen molar-refractivity contribution >= 4 is 17.5 Å². The molecule has 3 aromatic heterocycles. The van der Waals surface area contributed by atoms with E-state index in [-0.39, 0.29) is 13.3 Å². The van der Waals surface area contributed by atoms with Gasteiger partial charge in [-0.2, -0.15) is 0 Å². The van der Waals surface area contributed by atoms with Gasteiger partial charge >= 0.3 is 0 Å². The molecule has 1 amide bonds. The molecule has 1 aliphatic rings. The Morgan fingerprint density at radius 2 is 2.17 bits per heavy atom. The first kappa shape index (κ1) is 13.8. The molecule has 0 radical (unpaired) electrons. The molecule has 4 rings (SSSR count). The van der Waals surface area contributed by atoms with Crippen molar-refractivity contribution in [3.8, 4) is 0 Å². The highest BCUT2D eigenvalue weighted by molar-refractivity contribution is 6.07. The average molecular weight is 313 g/mol. The zero-order valence-electron chi connectivity index (χ0n) is 12.5. The van der Waals surface area contributed by atoms with Crippen LogP contribution in [0, 0.1) is 5.82 Å². The Bertz CT molecular complexity index is 909. The number of hydrogen-bond acceptors (Lipinski definition) is 4. The summed E-state index contributed by atoms with van der Waals surface area (Å²) >= 11 is 0. The predicted molar refractivity (Wildman–Crippen MR) is 84.0 cm³/mol. The van der Waals surface area contributed by atoms with E-state index in [9.17, 15) is 9.18 Å². The molecule has 0 spiro atoms. The van der Waals surface area contributed by atoms with Crippen LogP contribution < -0.4 is 5.32 Å². The van der Waals surface area contributed by atoms with Crippen LogP contribution in [0.1, 0.15) is 42.3 Å². The van der Waals surface area contributed by atoms with Gasteiger partial charge in [0.25, 0.3) is 5.91 Å². The van der Waals surface area contributed by atoms with Crippen LogP contribution >= 0.6 is 0 Å². The third kappa shape index (κ3) is 2.25. The second kappa shape index (κ2) is 5.12. The second-order valence-corrected chi connectivity index (χ2v) is 5.70. The van der Waals surface area contributed by atoms with Crippen LogP contribution in [-0.2, 0) is 6.42 Å². The lowest BCUT2D eigenvalue weighted by molar-refractivity contribution is 0.102. The van der Waals surface area contributed by atoms with Gasteiger partial charge in [0.2, 0.25) is 5.95 Å². The van der Waals surface area contributed by atoms with E-state index in [0.29, 0.717) is 17.1 Å². The van der Waals surface area contributed by atoms with Gasteiger partial charge in [-0.1, -0.05) is 6.92 Å². The number of carbonyl (C=O) groups excluding carboxylic acids is 1. The Morgan fingerprint density at radius 3 is 2.96 bits per heavy atom. The maximum atomic E-state index is 12.9. The molecule has 0 bridgehead atoms. The van der Waals surface area contributed by atoms with Crippen molar-refractivity contribution in [2.75, 3.05) is 5.32 Å². The molecule has 3 aromatic rings. The van der Waals surface area contributed by atoms with Crippen LogP contribution in [0.15, 0.2) is 30.9 Å². The lowest BCUT2D eigenvalue weighted by atomic mass is 10.0. The number of aromatic nitrogens is 4. The average Bonchev–Trinajstić information content (AvgIpc) is 3.15. The Labute approximate surface area is 132 Å². The molecule has 0 aromatic carbocycles. The van der Waals surface area contributed by atoms with E-state index in [2.05, 4.69) is 27.2 Å². The van der Waals surface area contributed by atoms with Crippen molar-refractivity contribution in [3.05, 3.63) is 53.5 Å². The van der Waals surface area contributed by atoms with Gasteiger partial charge in [-0.05, 0) is 30.4 Å². The van der Waals surface area contributed by atoms with Gasteiger partial charge in [-0.3, -0.25) is 10.1 Å². The fourth-order valence-corrected chi connectivity index (χ4v) is 3.08.